The lowest BCUT2D eigenvalue weighted by Crippen LogP contribution is -2.33. The van der Waals surface area contributed by atoms with Crippen molar-refractivity contribution in [2.24, 2.45) is 5.14 Å². The highest BCUT2D eigenvalue weighted by atomic mass is 32.2. The molecule has 0 rings (SSSR count). The first kappa shape index (κ1) is 10.8. The lowest BCUT2D eigenvalue weighted by molar-refractivity contribution is -0.111. The normalized spacial score (nSPS) is 12.9. The predicted octanol–water partition coefficient (Wildman–Crippen LogP) is -0.625. The molecule has 6 heteroatoms. The Hall–Kier alpha value is -0.170. The minimum absolute atomic E-state index is 0.0521. The Labute approximate surface area is 66.8 Å². The van der Waals surface area contributed by atoms with Gasteiger partial charge in [-0.15, -0.1) is 0 Å². The SMILES string of the molecule is CC(C)N(O)CCS(N)(=O)=O. The highest BCUT2D eigenvalue weighted by Crippen LogP contribution is 1.92. The first-order valence-electron chi connectivity index (χ1n) is 3.29. The first-order chi connectivity index (χ1) is 4.83. The molecule has 0 fully saturated rings. The van der Waals surface area contributed by atoms with Crippen LogP contribution in [0.2, 0.25) is 0 Å². The molecule has 5 nitrogen and oxygen atoms in total. The molecule has 0 unspecified atom stereocenters. The average molecular weight is 182 g/mol. The van der Waals surface area contributed by atoms with Crippen LogP contribution in [0.4, 0.5) is 0 Å². The van der Waals surface area contributed by atoms with E-state index in [2.05, 4.69) is 0 Å². The summed E-state index contributed by atoms with van der Waals surface area (Å²) in [6.07, 6.45) is 0. The van der Waals surface area contributed by atoms with E-state index in [-0.39, 0.29) is 18.3 Å². The van der Waals surface area contributed by atoms with Crippen LogP contribution >= 0.6 is 0 Å². The van der Waals surface area contributed by atoms with Crippen LogP contribution in [0.3, 0.4) is 0 Å². The van der Waals surface area contributed by atoms with Gasteiger partial charge in [0, 0.05) is 12.6 Å². The summed E-state index contributed by atoms with van der Waals surface area (Å²) in [5.74, 6) is -0.221. The van der Waals surface area contributed by atoms with E-state index >= 15 is 0 Å². The summed E-state index contributed by atoms with van der Waals surface area (Å²) in [6, 6.07) is -0.0863. The van der Waals surface area contributed by atoms with Gasteiger partial charge in [0.25, 0.3) is 0 Å². The molecule has 68 valence electrons. The van der Waals surface area contributed by atoms with E-state index in [1.54, 1.807) is 13.8 Å². The molecule has 0 amide bonds. The van der Waals surface area contributed by atoms with Gasteiger partial charge in [-0.25, -0.2) is 13.6 Å². The lowest BCUT2D eigenvalue weighted by Gasteiger charge is -2.17. The molecule has 0 aliphatic rings. The van der Waals surface area contributed by atoms with E-state index in [4.69, 9.17) is 10.3 Å². The molecule has 0 spiro atoms. The van der Waals surface area contributed by atoms with Gasteiger partial charge in [0.2, 0.25) is 10.0 Å². The van der Waals surface area contributed by atoms with Crippen LogP contribution in [0, 0.1) is 0 Å². The lowest BCUT2D eigenvalue weighted by atomic mass is 10.4. The highest BCUT2D eigenvalue weighted by molar-refractivity contribution is 7.89. The van der Waals surface area contributed by atoms with Crippen LogP contribution < -0.4 is 5.14 Å². The van der Waals surface area contributed by atoms with E-state index in [0.29, 0.717) is 0 Å². The molecule has 0 radical (unpaired) electrons. The van der Waals surface area contributed by atoms with Crippen LogP contribution in [-0.4, -0.2) is 37.0 Å². The van der Waals surface area contributed by atoms with Gasteiger partial charge in [-0.2, -0.15) is 5.06 Å². The number of hydroxylamine groups is 2. The number of primary sulfonamides is 1. The van der Waals surface area contributed by atoms with Crippen LogP contribution in [0.5, 0.6) is 0 Å². The summed E-state index contributed by atoms with van der Waals surface area (Å²) in [5.41, 5.74) is 0. The van der Waals surface area contributed by atoms with Crippen LogP contribution in [0.15, 0.2) is 0 Å². The molecule has 0 saturated heterocycles. The number of sulfonamides is 1. The molecule has 11 heavy (non-hydrogen) atoms. The fourth-order valence-corrected chi connectivity index (χ4v) is 0.921. The number of nitrogens with two attached hydrogens (primary N) is 1. The third-order valence-electron chi connectivity index (χ3n) is 1.20. The van der Waals surface area contributed by atoms with Crippen molar-refractivity contribution in [2.45, 2.75) is 19.9 Å². The topological polar surface area (TPSA) is 83.6 Å². The second-order valence-corrected chi connectivity index (χ2v) is 4.36. The third kappa shape index (κ3) is 6.24. The van der Waals surface area contributed by atoms with Crippen molar-refractivity contribution in [3.8, 4) is 0 Å². The molecule has 0 aromatic heterocycles. The Morgan fingerprint density at radius 2 is 2.00 bits per heavy atom. The Balaban J connectivity index is 3.72. The standard InChI is InChI=1S/C5H14N2O3S/c1-5(2)7(8)3-4-11(6,9)10/h5,8H,3-4H2,1-2H3,(H2,6,9,10). The van der Waals surface area contributed by atoms with Crippen molar-refractivity contribution in [3.05, 3.63) is 0 Å². The maximum atomic E-state index is 10.4. The second kappa shape index (κ2) is 4.01. The zero-order valence-corrected chi connectivity index (χ0v) is 7.50. The van der Waals surface area contributed by atoms with Gasteiger partial charge in [0.05, 0.1) is 5.75 Å². The molecule has 0 aromatic carbocycles. The fourth-order valence-electron chi connectivity index (χ4n) is 0.479. The number of nitrogens with zero attached hydrogens (tertiary/aromatic N) is 1. The minimum atomic E-state index is -3.45. The van der Waals surface area contributed by atoms with Crippen LogP contribution in [-0.2, 0) is 10.0 Å². The van der Waals surface area contributed by atoms with Crippen molar-refractivity contribution in [2.75, 3.05) is 12.3 Å². The molecule has 0 saturated carbocycles. The molecular formula is C5H14N2O3S. The molecule has 0 aromatic rings. The summed E-state index contributed by atoms with van der Waals surface area (Å²) in [5, 5.41) is 14.7. The van der Waals surface area contributed by atoms with Crippen LogP contribution in [0.25, 0.3) is 0 Å². The second-order valence-electron chi connectivity index (χ2n) is 2.62. The van der Waals surface area contributed by atoms with Gasteiger partial charge < -0.3 is 5.21 Å². The van der Waals surface area contributed by atoms with Crippen molar-refractivity contribution in [1.29, 1.82) is 0 Å². The minimum Gasteiger partial charge on any atom is -0.314 e. The Bertz CT molecular complexity index is 200. The molecule has 0 aliphatic carbocycles. The zero-order valence-electron chi connectivity index (χ0n) is 6.69. The van der Waals surface area contributed by atoms with Gasteiger partial charge >= 0.3 is 0 Å². The Kier molecular flexibility index (Phi) is 3.95. The number of hydrogen-bond acceptors (Lipinski definition) is 4. The quantitative estimate of drug-likeness (QED) is 0.567. The third-order valence-corrected chi connectivity index (χ3v) is 1.95. The van der Waals surface area contributed by atoms with E-state index in [0.717, 1.165) is 5.06 Å². The smallest absolute Gasteiger partial charge is 0.210 e. The van der Waals surface area contributed by atoms with Crippen LogP contribution in [0.1, 0.15) is 13.8 Å². The molecule has 3 N–H and O–H groups in total. The van der Waals surface area contributed by atoms with Gasteiger partial charge in [0.1, 0.15) is 0 Å². The van der Waals surface area contributed by atoms with Crippen molar-refractivity contribution in [1.82, 2.24) is 5.06 Å². The summed E-state index contributed by atoms with van der Waals surface area (Å²) in [4.78, 5) is 0. The van der Waals surface area contributed by atoms with Gasteiger partial charge in [-0.3, -0.25) is 0 Å². The summed E-state index contributed by atoms with van der Waals surface area (Å²) in [6.45, 7) is 3.56. The van der Waals surface area contributed by atoms with Crippen molar-refractivity contribution in [3.63, 3.8) is 0 Å². The Morgan fingerprint density at radius 1 is 1.55 bits per heavy atom. The largest absolute Gasteiger partial charge is 0.314 e. The fraction of sp³-hybridized carbons (Fsp3) is 1.00. The maximum Gasteiger partial charge on any atom is 0.210 e. The van der Waals surface area contributed by atoms with E-state index in [1.807, 2.05) is 0 Å². The number of rotatable bonds is 4. The van der Waals surface area contributed by atoms with Crippen molar-refractivity contribution >= 4 is 10.0 Å². The van der Waals surface area contributed by atoms with E-state index in [9.17, 15) is 8.42 Å². The Morgan fingerprint density at radius 3 is 2.27 bits per heavy atom. The molecule has 0 atom stereocenters. The van der Waals surface area contributed by atoms with Gasteiger partial charge in [-0.1, -0.05) is 0 Å². The average Bonchev–Trinajstić information content (AvgIpc) is 1.80. The van der Waals surface area contributed by atoms with E-state index in [1.165, 1.54) is 0 Å². The van der Waals surface area contributed by atoms with Crippen molar-refractivity contribution < 1.29 is 13.6 Å². The van der Waals surface area contributed by atoms with Gasteiger partial charge in [0.15, 0.2) is 0 Å². The maximum absolute atomic E-state index is 10.4. The van der Waals surface area contributed by atoms with E-state index < -0.39 is 10.0 Å². The monoisotopic (exact) mass is 182 g/mol. The summed E-state index contributed by atoms with van der Waals surface area (Å²) in [7, 11) is -3.45. The number of hydrogen-bond donors (Lipinski definition) is 2. The zero-order chi connectivity index (χ0) is 9.07. The molecule has 0 heterocycles. The highest BCUT2D eigenvalue weighted by Gasteiger charge is 2.09. The molecular weight excluding hydrogens is 168 g/mol. The van der Waals surface area contributed by atoms with Gasteiger partial charge in [-0.05, 0) is 13.8 Å². The summed E-state index contributed by atoms with van der Waals surface area (Å²) >= 11 is 0. The first-order valence-corrected chi connectivity index (χ1v) is 5.00. The summed E-state index contributed by atoms with van der Waals surface area (Å²) < 4.78 is 20.8. The molecule has 0 aliphatic heterocycles. The predicted molar refractivity (Wildman–Crippen MR) is 41.6 cm³/mol. The molecule has 0 bridgehead atoms.